The number of nitriles is 1. The Labute approximate surface area is 68.0 Å². The average Bonchev–Trinajstić information content (AvgIpc) is 2.02. The summed E-state index contributed by atoms with van der Waals surface area (Å²) in [6, 6.07) is 2.19. The SMILES string of the molecule is CCCC(C)(C#N)NCCO. The van der Waals surface area contributed by atoms with Gasteiger partial charge in [0, 0.05) is 6.54 Å². The Kier molecular flexibility index (Phi) is 4.84. The molecule has 0 saturated heterocycles. The first-order valence-corrected chi connectivity index (χ1v) is 3.95. The van der Waals surface area contributed by atoms with Gasteiger partial charge in [0.2, 0.25) is 0 Å². The van der Waals surface area contributed by atoms with Gasteiger partial charge in [-0.1, -0.05) is 13.3 Å². The van der Waals surface area contributed by atoms with Crippen molar-refractivity contribution in [3.8, 4) is 6.07 Å². The summed E-state index contributed by atoms with van der Waals surface area (Å²) in [6.45, 7) is 4.47. The van der Waals surface area contributed by atoms with Gasteiger partial charge in [-0.05, 0) is 13.3 Å². The molecule has 2 N–H and O–H groups in total. The van der Waals surface area contributed by atoms with E-state index in [0.29, 0.717) is 6.54 Å². The zero-order valence-corrected chi connectivity index (χ0v) is 7.22. The third-order valence-corrected chi connectivity index (χ3v) is 1.62. The van der Waals surface area contributed by atoms with Crippen molar-refractivity contribution in [2.45, 2.75) is 32.2 Å². The molecule has 0 heterocycles. The lowest BCUT2D eigenvalue weighted by molar-refractivity contribution is 0.272. The average molecular weight is 156 g/mol. The van der Waals surface area contributed by atoms with Crippen LogP contribution in [-0.2, 0) is 0 Å². The minimum absolute atomic E-state index is 0.0843. The molecule has 0 saturated carbocycles. The zero-order chi connectivity index (χ0) is 8.74. The molecule has 0 spiro atoms. The molecule has 1 unspecified atom stereocenters. The van der Waals surface area contributed by atoms with Gasteiger partial charge in [-0.2, -0.15) is 5.26 Å². The molecule has 11 heavy (non-hydrogen) atoms. The summed E-state index contributed by atoms with van der Waals surface area (Å²) in [5, 5.41) is 20.3. The van der Waals surface area contributed by atoms with Gasteiger partial charge in [0.25, 0.3) is 0 Å². The van der Waals surface area contributed by atoms with Gasteiger partial charge in [-0.25, -0.2) is 0 Å². The summed E-state index contributed by atoms with van der Waals surface area (Å²) in [5.41, 5.74) is -0.461. The molecule has 0 aromatic heterocycles. The van der Waals surface area contributed by atoms with E-state index < -0.39 is 5.54 Å². The molecule has 0 aliphatic rings. The first kappa shape index (κ1) is 10.4. The second-order valence-electron chi connectivity index (χ2n) is 2.84. The molecule has 1 atom stereocenters. The number of β-amino-alcohol motifs (C(OH)–C–C–N with tert-alkyl or cyclic N) is 1. The van der Waals surface area contributed by atoms with Crippen molar-refractivity contribution < 1.29 is 5.11 Å². The maximum atomic E-state index is 8.75. The monoisotopic (exact) mass is 156 g/mol. The number of hydrogen-bond acceptors (Lipinski definition) is 3. The van der Waals surface area contributed by atoms with Crippen LogP contribution in [0.1, 0.15) is 26.7 Å². The van der Waals surface area contributed by atoms with Crippen molar-refractivity contribution >= 4 is 0 Å². The van der Waals surface area contributed by atoms with Gasteiger partial charge in [0.05, 0.1) is 12.7 Å². The maximum Gasteiger partial charge on any atom is 0.103 e. The van der Waals surface area contributed by atoms with Crippen LogP contribution in [0.4, 0.5) is 0 Å². The fourth-order valence-corrected chi connectivity index (χ4v) is 1.02. The summed E-state index contributed by atoms with van der Waals surface area (Å²) in [6.07, 6.45) is 1.80. The van der Waals surface area contributed by atoms with Gasteiger partial charge in [0.15, 0.2) is 0 Å². The van der Waals surface area contributed by atoms with E-state index in [-0.39, 0.29) is 6.61 Å². The molecule has 0 aromatic rings. The molecular formula is C8H16N2O. The smallest absolute Gasteiger partial charge is 0.103 e. The van der Waals surface area contributed by atoms with Gasteiger partial charge in [-0.15, -0.1) is 0 Å². The molecule has 0 bridgehead atoms. The quantitative estimate of drug-likeness (QED) is 0.614. The lowest BCUT2D eigenvalue weighted by atomic mass is 9.98. The van der Waals surface area contributed by atoms with Crippen molar-refractivity contribution in [3.05, 3.63) is 0 Å². The van der Waals surface area contributed by atoms with E-state index in [9.17, 15) is 0 Å². The largest absolute Gasteiger partial charge is 0.395 e. The predicted octanol–water partition coefficient (Wildman–Crippen LogP) is 0.651. The highest BCUT2D eigenvalue weighted by Gasteiger charge is 2.20. The normalized spacial score (nSPS) is 15.5. The number of rotatable bonds is 5. The Bertz CT molecular complexity index is 142. The van der Waals surface area contributed by atoms with Crippen molar-refractivity contribution in [1.29, 1.82) is 5.26 Å². The number of aliphatic hydroxyl groups excluding tert-OH is 1. The minimum Gasteiger partial charge on any atom is -0.395 e. The van der Waals surface area contributed by atoms with E-state index >= 15 is 0 Å². The van der Waals surface area contributed by atoms with E-state index in [4.69, 9.17) is 10.4 Å². The van der Waals surface area contributed by atoms with Crippen LogP contribution in [0.25, 0.3) is 0 Å². The molecule has 3 heteroatoms. The van der Waals surface area contributed by atoms with Crippen LogP contribution in [0, 0.1) is 11.3 Å². The van der Waals surface area contributed by atoms with E-state index in [2.05, 4.69) is 11.4 Å². The van der Waals surface area contributed by atoms with Crippen molar-refractivity contribution in [3.63, 3.8) is 0 Å². The van der Waals surface area contributed by atoms with Gasteiger partial charge < -0.3 is 5.11 Å². The minimum atomic E-state index is -0.461. The topological polar surface area (TPSA) is 56.0 Å². The lowest BCUT2D eigenvalue weighted by Crippen LogP contribution is -2.42. The molecule has 0 amide bonds. The summed E-state index contributed by atoms with van der Waals surface area (Å²) < 4.78 is 0. The Morgan fingerprint density at radius 1 is 1.64 bits per heavy atom. The Morgan fingerprint density at radius 2 is 2.27 bits per heavy atom. The highest BCUT2D eigenvalue weighted by molar-refractivity contribution is 5.03. The van der Waals surface area contributed by atoms with Crippen molar-refractivity contribution in [1.82, 2.24) is 5.32 Å². The Morgan fingerprint density at radius 3 is 2.64 bits per heavy atom. The van der Waals surface area contributed by atoms with Crippen LogP contribution in [0.5, 0.6) is 0 Å². The van der Waals surface area contributed by atoms with Crippen LogP contribution in [0.2, 0.25) is 0 Å². The highest BCUT2D eigenvalue weighted by Crippen LogP contribution is 2.09. The van der Waals surface area contributed by atoms with E-state index in [1.54, 1.807) is 0 Å². The van der Waals surface area contributed by atoms with E-state index in [0.717, 1.165) is 12.8 Å². The number of nitrogens with one attached hydrogen (secondary N) is 1. The van der Waals surface area contributed by atoms with Crippen molar-refractivity contribution in [2.24, 2.45) is 0 Å². The standard InChI is InChI=1S/C8H16N2O/c1-3-4-8(2,7-9)10-5-6-11/h10-11H,3-6H2,1-2H3. The molecule has 0 aliphatic heterocycles. The first-order chi connectivity index (χ1) is 5.18. The van der Waals surface area contributed by atoms with Gasteiger partial charge in [-0.3, -0.25) is 5.32 Å². The summed E-state index contributed by atoms with van der Waals surface area (Å²) >= 11 is 0. The Hall–Kier alpha value is -0.590. The fourth-order valence-electron chi connectivity index (χ4n) is 1.02. The molecule has 3 nitrogen and oxygen atoms in total. The predicted molar refractivity (Wildman–Crippen MR) is 44.0 cm³/mol. The maximum absolute atomic E-state index is 8.75. The van der Waals surface area contributed by atoms with Gasteiger partial charge in [0.1, 0.15) is 5.54 Å². The number of aliphatic hydroxyl groups is 1. The van der Waals surface area contributed by atoms with Crippen molar-refractivity contribution in [2.75, 3.05) is 13.2 Å². The number of nitrogens with zero attached hydrogens (tertiary/aromatic N) is 1. The van der Waals surface area contributed by atoms with E-state index in [1.807, 2.05) is 13.8 Å². The third-order valence-electron chi connectivity index (χ3n) is 1.62. The van der Waals surface area contributed by atoms with E-state index in [1.165, 1.54) is 0 Å². The lowest BCUT2D eigenvalue weighted by Gasteiger charge is -2.21. The zero-order valence-electron chi connectivity index (χ0n) is 7.22. The third kappa shape index (κ3) is 3.97. The molecular weight excluding hydrogens is 140 g/mol. The first-order valence-electron chi connectivity index (χ1n) is 3.95. The summed E-state index contributed by atoms with van der Waals surface area (Å²) in [7, 11) is 0. The second-order valence-corrected chi connectivity index (χ2v) is 2.84. The molecule has 0 radical (unpaired) electrons. The van der Waals surface area contributed by atoms with Crippen LogP contribution in [0.15, 0.2) is 0 Å². The van der Waals surface area contributed by atoms with Crippen LogP contribution < -0.4 is 5.32 Å². The molecule has 64 valence electrons. The molecule has 0 rings (SSSR count). The molecule has 0 aromatic carbocycles. The highest BCUT2D eigenvalue weighted by atomic mass is 16.3. The summed E-state index contributed by atoms with van der Waals surface area (Å²) in [4.78, 5) is 0. The van der Waals surface area contributed by atoms with Crippen LogP contribution in [-0.4, -0.2) is 23.8 Å². The van der Waals surface area contributed by atoms with Crippen LogP contribution >= 0.6 is 0 Å². The fraction of sp³-hybridized carbons (Fsp3) is 0.875. The molecule has 0 fully saturated rings. The van der Waals surface area contributed by atoms with Gasteiger partial charge >= 0.3 is 0 Å². The number of hydrogen-bond donors (Lipinski definition) is 2. The molecule has 0 aliphatic carbocycles. The Balaban J connectivity index is 3.81. The van der Waals surface area contributed by atoms with Crippen LogP contribution in [0.3, 0.4) is 0 Å². The second kappa shape index (κ2) is 5.11. The summed E-state index contributed by atoms with van der Waals surface area (Å²) in [5.74, 6) is 0.